The van der Waals surface area contributed by atoms with Crippen molar-refractivity contribution in [2.75, 3.05) is 56.0 Å². The van der Waals surface area contributed by atoms with Crippen molar-refractivity contribution in [1.82, 2.24) is 30.7 Å². The number of carboxylic acids is 2. The maximum atomic E-state index is 13.1. The lowest BCUT2D eigenvalue weighted by molar-refractivity contribution is -0.195. The van der Waals surface area contributed by atoms with E-state index in [0.717, 1.165) is 48.7 Å². The number of Topliss-reactive ketones (excluding diaryl/α,β-unsaturated/α-hetero) is 1. The van der Waals surface area contributed by atoms with Crippen LogP contribution in [0.1, 0.15) is 158 Å². The van der Waals surface area contributed by atoms with Gasteiger partial charge in [0.15, 0.2) is 0 Å². The number of esters is 5. The third kappa shape index (κ3) is 64.1. The van der Waals surface area contributed by atoms with E-state index in [0.29, 0.717) is 6.61 Å². The lowest BCUT2D eigenvalue weighted by atomic mass is 9.88. The maximum absolute atomic E-state index is 13.1. The number of aliphatic hydroxyl groups is 1. The number of nitrogens with zero attached hydrogens (tertiary/aromatic N) is 4. The van der Waals surface area contributed by atoms with Crippen LogP contribution in [0.15, 0.2) is 0 Å². The Balaban J connectivity index is -0.000000139. The van der Waals surface area contributed by atoms with Gasteiger partial charge in [0, 0.05) is 83.5 Å². The summed E-state index contributed by atoms with van der Waals surface area (Å²) in [6, 6.07) is -4.75. The Hall–Kier alpha value is -8.41. The fourth-order valence-corrected chi connectivity index (χ4v) is 7.14. The minimum atomic E-state index is -4.67. The standard InChI is InChI=1S/C16H27F3N2O4.C13H21F3N2O3.C11H17F3O4.C10H18F3N3O2.C5H8F3NO2.C4H6O3.C4H8O2.C2H3N.CH4O.ClH/c1-9(16(17,18)19)11(8-12(22)25-15(3,4)5)13(23)20-10(2)14(24)21(6)7;1-7(19)6-10(8(2)13(14,15)16)11(20)17-9(3)12(21)18(4)5;1-6(11(12,13)14)7(9(16)17)5-8(15)18-10(2,3)4;1-5(10(11,12)13)7(14)8(17)15-6(2)9(18)16(3)4;1-2(5(6,7)8)3(9)4(10)11;1-3(5)7-4(2)6;1-3-6-4(2)5;1-2-3;1-2;/h9-11H,8H2,1-7H3,(H,20,23);8-10H,6H2,1-5H3,(H,17,20);6-7H,5H2,1-4H3,(H,16,17);5-7H,14H2,1-4H3,(H,15,17);2-3H,9H2,1H3,(H,10,11);1-2H3;3H2,1-2H3;1H3;2H,1H3;1H/t9?,10-,11?;8?,9-,10?;;5?,6-,7?;;;;;;/m00.0....../s1. The van der Waals surface area contributed by atoms with E-state index in [4.69, 9.17) is 41.5 Å². The number of halogens is 16. The number of carbonyl (C=O) groups excluding carboxylic acids is 12. The molecule has 0 bridgehead atoms. The van der Waals surface area contributed by atoms with Crippen LogP contribution in [0.4, 0.5) is 65.9 Å². The second kappa shape index (κ2) is 57.6. The Bertz CT molecular complexity index is 2930. The predicted molar refractivity (Wildman–Crippen MR) is 374 cm³/mol. The van der Waals surface area contributed by atoms with E-state index in [1.54, 1.807) is 54.5 Å². The van der Waals surface area contributed by atoms with E-state index in [9.17, 15) is 133 Å². The number of carboxylic acid groups (broad SMARTS) is 2. The van der Waals surface area contributed by atoms with Crippen LogP contribution in [-0.2, 0) is 86.1 Å². The Morgan fingerprint density at radius 2 is 0.652 bits per heavy atom. The van der Waals surface area contributed by atoms with Crippen molar-refractivity contribution in [1.29, 1.82) is 5.26 Å². The Labute approximate surface area is 647 Å². The first-order valence-corrected chi connectivity index (χ1v) is 32.7. The first-order chi connectivity index (χ1) is 49.3. The molecule has 0 saturated heterocycles. The summed E-state index contributed by atoms with van der Waals surface area (Å²) in [5.74, 6) is -26.5. The predicted octanol–water partition coefficient (Wildman–Crippen LogP) is 8.04. The highest BCUT2D eigenvalue weighted by Gasteiger charge is 2.49. The van der Waals surface area contributed by atoms with Crippen molar-refractivity contribution in [2.24, 2.45) is 58.8 Å². The molecule has 0 spiro atoms. The molecule has 13 atom stereocenters. The largest absolute Gasteiger partial charge is 0.481 e. The van der Waals surface area contributed by atoms with E-state index in [1.165, 1.54) is 105 Å². The first-order valence-electron chi connectivity index (χ1n) is 32.7. The number of ether oxygens (including phenoxy) is 4. The monoisotopic (exact) mass is 1690 g/mol. The minimum absolute atomic E-state index is 0. The smallest absolute Gasteiger partial charge is 0.393 e. The van der Waals surface area contributed by atoms with Crippen LogP contribution in [0.2, 0.25) is 0 Å². The molecule has 0 aliphatic rings. The average molecular weight is 1690 g/mol. The number of amides is 6. The van der Waals surface area contributed by atoms with Gasteiger partial charge in [0.05, 0.1) is 78.9 Å². The molecule has 660 valence electrons. The highest BCUT2D eigenvalue weighted by atomic mass is 35.5. The molecule has 0 fully saturated rings. The van der Waals surface area contributed by atoms with E-state index < -0.39 is 216 Å². The summed E-state index contributed by atoms with van der Waals surface area (Å²) in [5, 5.41) is 37.8. The number of nitrogens with two attached hydrogens (primary N) is 2. The number of nitrogens with one attached hydrogen (secondary N) is 3. The summed E-state index contributed by atoms with van der Waals surface area (Å²) in [6.07, 6.45) is -25.1. The van der Waals surface area contributed by atoms with E-state index >= 15 is 0 Å². The summed E-state index contributed by atoms with van der Waals surface area (Å²) >= 11 is 0. The van der Waals surface area contributed by atoms with Crippen LogP contribution in [0.25, 0.3) is 0 Å². The molecule has 0 aromatic carbocycles. The molecular weight excluding hydrogens is 1580 g/mol. The molecule has 0 aliphatic heterocycles. The molecule has 0 rings (SSSR count). The number of likely N-dealkylation sites (N-methyl/N-ethyl adjacent to an activating group) is 3. The number of aliphatic carboxylic acids is 2. The SMILES string of the molecule is CC#N.CC(=O)CC(C(=O)N[C@@H](C)C(=O)N(C)C)C(C)C(F)(F)F.CC(=O)OC(C)=O.CC(C(CC(=O)OC(C)(C)C)C(=O)N[C@@H](C)C(=O)N(C)C)C(F)(F)F.CC(C(CC(=O)OC(C)(C)C)C(=O)O)C(F)(F)F.CC(C(N)C(=O)N[C@@H](C)C(=O)N(C)C)C(F)(F)F.CC(C(N)C(=O)O)C(F)(F)F.CCOC(C)=O.CO.Cl. The van der Waals surface area contributed by atoms with Crippen molar-refractivity contribution in [3.63, 3.8) is 0 Å². The van der Waals surface area contributed by atoms with Crippen LogP contribution in [0, 0.1) is 58.7 Å². The van der Waals surface area contributed by atoms with Gasteiger partial charge in [-0.15, -0.1) is 12.4 Å². The van der Waals surface area contributed by atoms with Gasteiger partial charge in [-0.05, 0) is 76.2 Å². The molecule has 46 heteroatoms. The van der Waals surface area contributed by atoms with Crippen LogP contribution < -0.4 is 27.4 Å². The molecule has 0 saturated carbocycles. The number of hydrogen-bond acceptors (Lipinski definition) is 22. The van der Waals surface area contributed by atoms with Crippen molar-refractivity contribution < 1.29 is 167 Å². The number of alkyl halides is 15. The lowest BCUT2D eigenvalue weighted by Gasteiger charge is -2.28. The average Bonchev–Trinajstić information content (AvgIpc) is 0.822. The Kier molecular flexibility index (Phi) is 64.0. The van der Waals surface area contributed by atoms with Crippen molar-refractivity contribution in [2.45, 2.75) is 230 Å². The summed E-state index contributed by atoms with van der Waals surface area (Å²) in [4.78, 5) is 159. The number of aliphatic hydroxyl groups excluding tert-OH is 1. The summed E-state index contributed by atoms with van der Waals surface area (Å²) in [6.45, 7) is 26.0. The zero-order valence-corrected chi connectivity index (χ0v) is 68.4. The quantitative estimate of drug-likeness (QED) is 0.0207. The van der Waals surface area contributed by atoms with Gasteiger partial charge in [0.1, 0.15) is 41.2 Å². The second-order valence-electron chi connectivity index (χ2n) is 26.3. The molecule has 0 aliphatic carbocycles. The summed E-state index contributed by atoms with van der Waals surface area (Å²) < 4.78 is 205. The number of hydrogen-bond donors (Lipinski definition) is 8. The highest BCUT2D eigenvalue weighted by Crippen LogP contribution is 2.37. The molecule has 0 radical (unpaired) electrons. The van der Waals surface area contributed by atoms with Crippen molar-refractivity contribution >= 4 is 95.4 Å². The third-order valence-electron chi connectivity index (χ3n) is 13.3. The third-order valence-corrected chi connectivity index (χ3v) is 13.3. The summed E-state index contributed by atoms with van der Waals surface area (Å²) in [7, 11) is 9.81. The zero-order valence-electron chi connectivity index (χ0n) is 67.5. The number of nitriles is 1. The normalized spacial score (nSPS) is 14.5. The van der Waals surface area contributed by atoms with E-state index in [1.807, 2.05) is 0 Å². The number of rotatable bonds is 23. The molecule has 0 aromatic heterocycles. The Morgan fingerprint density at radius 3 is 0.821 bits per heavy atom. The van der Waals surface area contributed by atoms with Gasteiger partial charge in [0.2, 0.25) is 35.4 Å². The Morgan fingerprint density at radius 1 is 0.420 bits per heavy atom. The molecular formula is C66H113ClF15N9O21. The topological polar surface area (TPSA) is 458 Å². The van der Waals surface area contributed by atoms with Gasteiger partial charge in [-0.1, -0.05) is 34.6 Å². The van der Waals surface area contributed by atoms with Gasteiger partial charge < -0.3 is 81.2 Å². The second-order valence-corrected chi connectivity index (χ2v) is 26.3. The van der Waals surface area contributed by atoms with Crippen LogP contribution in [0.5, 0.6) is 0 Å². The van der Waals surface area contributed by atoms with Crippen molar-refractivity contribution in [3.05, 3.63) is 0 Å². The van der Waals surface area contributed by atoms with Gasteiger partial charge >= 0.3 is 72.7 Å². The fourth-order valence-electron chi connectivity index (χ4n) is 7.14. The fraction of sp³-hybridized carbons (Fsp3) is 0.773. The van der Waals surface area contributed by atoms with E-state index in [-0.39, 0.29) is 18.4 Å². The lowest BCUT2D eigenvalue weighted by Crippen LogP contribution is -2.54. The highest BCUT2D eigenvalue weighted by molar-refractivity contribution is 5.92. The van der Waals surface area contributed by atoms with Crippen LogP contribution in [-0.4, -0.2) is 241 Å². The van der Waals surface area contributed by atoms with Gasteiger partial charge in [0.25, 0.3) is 0 Å². The molecule has 0 aromatic rings. The van der Waals surface area contributed by atoms with Gasteiger partial charge in [-0.2, -0.15) is 71.1 Å². The molecule has 30 nitrogen and oxygen atoms in total. The summed E-state index contributed by atoms with van der Waals surface area (Å²) in [5.41, 5.74) is 8.20. The first kappa shape index (κ1) is 124. The van der Waals surface area contributed by atoms with Crippen LogP contribution >= 0.6 is 12.4 Å². The minimum Gasteiger partial charge on any atom is -0.481 e. The molecule has 6 amide bonds. The number of ketones is 1. The molecule has 112 heavy (non-hydrogen) atoms. The molecule has 10 N–H and O–H groups in total. The van der Waals surface area contributed by atoms with E-state index in [2.05, 4.69) is 25.4 Å². The molecule has 10 unspecified atom stereocenters. The van der Waals surface area contributed by atoms with Gasteiger partial charge in [-0.25, -0.2) is 0 Å². The van der Waals surface area contributed by atoms with Crippen LogP contribution in [0.3, 0.4) is 0 Å². The zero-order chi connectivity index (χ0) is 91.3. The molecule has 0 heterocycles. The number of carbonyl (C=O) groups is 14. The van der Waals surface area contributed by atoms with Crippen molar-refractivity contribution in [3.8, 4) is 6.07 Å². The maximum Gasteiger partial charge on any atom is 0.393 e. The van der Waals surface area contributed by atoms with Gasteiger partial charge in [-0.3, -0.25) is 62.3 Å².